The van der Waals surface area contributed by atoms with Gasteiger partial charge in [0.15, 0.2) is 5.78 Å². The molecule has 3 rings (SSSR count). The third-order valence-corrected chi connectivity index (χ3v) is 5.83. The molecule has 1 saturated heterocycles. The normalized spacial score (nSPS) is 23.0. The van der Waals surface area contributed by atoms with Crippen LogP contribution in [-0.2, 0) is 4.79 Å². The van der Waals surface area contributed by atoms with Crippen LogP contribution >= 0.6 is 0 Å². The monoisotopic (exact) mass is 317 g/mol. The van der Waals surface area contributed by atoms with E-state index in [9.17, 15) is 4.79 Å². The molecule has 1 unspecified atom stereocenters. The number of nitrogens with zero attached hydrogens (tertiary/aromatic N) is 2. The van der Waals surface area contributed by atoms with E-state index in [1.807, 2.05) is 6.20 Å². The maximum Gasteiger partial charge on any atom is 0.153 e. The molecular formula is C19H31N3O. The number of ketones is 1. The second-order valence-corrected chi connectivity index (χ2v) is 7.36. The average molecular weight is 317 g/mol. The van der Waals surface area contributed by atoms with Crippen LogP contribution in [0.15, 0.2) is 12.5 Å². The molecule has 1 N–H and O–H groups in total. The van der Waals surface area contributed by atoms with Crippen molar-refractivity contribution in [3.05, 3.63) is 18.2 Å². The lowest BCUT2D eigenvalue weighted by Crippen LogP contribution is -2.47. The number of Topliss-reactive ketones (excluding diaryl/α,β-unsaturated/α-hetero) is 1. The number of nitrogens with one attached hydrogen (secondary N) is 1. The van der Waals surface area contributed by atoms with Gasteiger partial charge in [0.05, 0.1) is 12.4 Å². The molecule has 1 saturated carbocycles. The Morgan fingerprint density at radius 1 is 1.26 bits per heavy atom. The molecule has 0 amide bonds. The Balaban J connectivity index is 1.59. The molecule has 1 aromatic rings. The number of carbonyl (C=O) groups is 1. The van der Waals surface area contributed by atoms with Gasteiger partial charge in [-0.15, -0.1) is 0 Å². The van der Waals surface area contributed by atoms with E-state index in [-0.39, 0.29) is 6.04 Å². The summed E-state index contributed by atoms with van der Waals surface area (Å²) in [5, 5.41) is 0. The van der Waals surface area contributed by atoms with Crippen LogP contribution in [-0.4, -0.2) is 39.8 Å². The summed E-state index contributed by atoms with van der Waals surface area (Å²) in [7, 11) is 0. The van der Waals surface area contributed by atoms with Gasteiger partial charge in [-0.3, -0.25) is 9.69 Å². The molecule has 2 aliphatic rings. The number of aromatic nitrogens is 2. The second-order valence-electron chi connectivity index (χ2n) is 7.36. The summed E-state index contributed by atoms with van der Waals surface area (Å²) >= 11 is 0. The van der Waals surface area contributed by atoms with Crippen molar-refractivity contribution < 1.29 is 4.79 Å². The fraction of sp³-hybridized carbons (Fsp3) is 0.789. The van der Waals surface area contributed by atoms with Crippen molar-refractivity contribution in [1.29, 1.82) is 0 Å². The van der Waals surface area contributed by atoms with E-state index in [4.69, 9.17) is 0 Å². The SMILES string of the molecule is CCCC(C(=O)C1CCCCC1)N1CCC(c2cnc[nH]2)CC1. The summed E-state index contributed by atoms with van der Waals surface area (Å²) in [6.07, 6.45) is 14.2. The summed E-state index contributed by atoms with van der Waals surface area (Å²) < 4.78 is 0. The fourth-order valence-corrected chi connectivity index (χ4v) is 4.45. The van der Waals surface area contributed by atoms with Crippen molar-refractivity contribution in [3.63, 3.8) is 0 Å². The van der Waals surface area contributed by atoms with Gasteiger partial charge in [0, 0.05) is 23.7 Å². The van der Waals surface area contributed by atoms with Crippen LogP contribution in [0.4, 0.5) is 0 Å². The van der Waals surface area contributed by atoms with Crippen molar-refractivity contribution in [2.75, 3.05) is 13.1 Å². The summed E-state index contributed by atoms with van der Waals surface area (Å²) in [5.41, 5.74) is 1.26. The zero-order valence-corrected chi connectivity index (χ0v) is 14.5. The first-order valence-corrected chi connectivity index (χ1v) is 9.55. The number of piperidine rings is 1. The maximum atomic E-state index is 13.0. The van der Waals surface area contributed by atoms with Gasteiger partial charge in [-0.1, -0.05) is 32.6 Å². The molecule has 4 heteroatoms. The topological polar surface area (TPSA) is 49.0 Å². The van der Waals surface area contributed by atoms with Crippen LogP contribution in [0.5, 0.6) is 0 Å². The number of likely N-dealkylation sites (tertiary alicyclic amines) is 1. The number of H-pyrrole nitrogens is 1. The van der Waals surface area contributed by atoms with E-state index in [0.29, 0.717) is 17.6 Å². The highest BCUT2D eigenvalue weighted by atomic mass is 16.1. The van der Waals surface area contributed by atoms with Crippen LogP contribution in [0.25, 0.3) is 0 Å². The molecule has 1 aromatic heterocycles. The maximum absolute atomic E-state index is 13.0. The first-order valence-electron chi connectivity index (χ1n) is 9.55. The summed E-state index contributed by atoms with van der Waals surface area (Å²) in [4.78, 5) is 22.9. The van der Waals surface area contributed by atoms with E-state index in [1.54, 1.807) is 6.33 Å². The van der Waals surface area contributed by atoms with Crippen molar-refractivity contribution in [1.82, 2.24) is 14.9 Å². The third-order valence-electron chi connectivity index (χ3n) is 5.83. The summed E-state index contributed by atoms with van der Waals surface area (Å²) in [5.74, 6) is 1.47. The van der Waals surface area contributed by atoms with Crippen molar-refractivity contribution in [2.24, 2.45) is 5.92 Å². The molecule has 0 spiro atoms. The summed E-state index contributed by atoms with van der Waals surface area (Å²) in [6, 6.07) is 0.172. The van der Waals surface area contributed by atoms with Gasteiger partial charge in [-0.25, -0.2) is 4.98 Å². The zero-order chi connectivity index (χ0) is 16.1. The largest absolute Gasteiger partial charge is 0.348 e. The van der Waals surface area contributed by atoms with E-state index in [1.165, 1.54) is 25.0 Å². The van der Waals surface area contributed by atoms with Crippen LogP contribution in [0, 0.1) is 5.92 Å². The summed E-state index contributed by atoms with van der Waals surface area (Å²) in [6.45, 7) is 4.30. The van der Waals surface area contributed by atoms with E-state index >= 15 is 0 Å². The van der Waals surface area contributed by atoms with Crippen molar-refractivity contribution in [2.45, 2.75) is 76.7 Å². The number of hydrogen-bond acceptors (Lipinski definition) is 3. The fourth-order valence-electron chi connectivity index (χ4n) is 4.45. The van der Waals surface area contributed by atoms with Crippen molar-refractivity contribution >= 4 is 5.78 Å². The first kappa shape index (κ1) is 16.7. The van der Waals surface area contributed by atoms with Gasteiger partial charge in [-0.2, -0.15) is 0 Å². The highest BCUT2D eigenvalue weighted by Crippen LogP contribution is 2.31. The Labute approximate surface area is 140 Å². The molecule has 0 bridgehead atoms. The third kappa shape index (κ3) is 4.03. The van der Waals surface area contributed by atoms with E-state index in [0.717, 1.165) is 51.6 Å². The predicted octanol–water partition coefficient (Wildman–Crippen LogP) is 3.91. The number of rotatable bonds is 6. The Bertz CT molecular complexity index is 471. The highest BCUT2D eigenvalue weighted by molar-refractivity contribution is 5.86. The van der Waals surface area contributed by atoms with Crippen LogP contribution in [0.2, 0.25) is 0 Å². The number of aromatic amines is 1. The lowest BCUT2D eigenvalue weighted by atomic mass is 9.81. The van der Waals surface area contributed by atoms with Gasteiger partial charge in [0.2, 0.25) is 0 Å². The first-order chi connectivity index (χ1) is 11.3. The van der Waals surface area contributed by atoms with Gasteiger partial charge in [-0.05, 0) is 45.2 Å². The molecule has 1 aliphatic heterocycles. The van der Waals surface area contributed by atoms with Crippen LogP contribution in [0.1, 0.15) is 76.3 Å². The van der Waals surface area contributed by atoms with Crippen molar-refractivity contribution in [3.8, 4) is 0 Å². The Morgan fingerprint density at radius 2 is 2.00 bits per heavy atom. The molecule has 0 radical (unpaired) electrons. The minimum absolute atomic E-state index is 0.172. The molecule has 23 heavy (non-hydrogen) atoms. The smallest absolute Gasteiger partial charge is 0.153 e. The minimum atomic E-state index is 0.172. The molecule has 1 atom stereocenters. The number of carbonyl (C=O) groups excluding carboxylic acids is 1. The van der Waals surface area contributed by atoms with Crippen LogP contribution < -0.4 is 0 Å². The lowest BCUT2D eigenvalue weighted by Gasteiger charge is -2.38. The molecule has 0 aromatic carbocycles. The molecule has 128 valence electrons. The zero-order valence-electron chi connectivity index (χ0n) is 14.5. The van der Waals surface area contributed by atoms with Gasteiger partial charge in [0.1, 0.15) is 0 Å². The van der Waals surface area contributed by atoms with E-state index in [2.05, 4.69) is 21.8 Å². The lowest BCUT2D eigenvalue weighted by molar-refractivity contribution is -0.130. The number of hydrogen-bond donors (Lipinski definition) is 1. The minimum Gasteiger partial charge on any atom is -0.348 e. The Morgan fingerprint density at radius 3 is 2.61 bits per heavy atom. The Hall–Kier alpha value is -1.16. The standard InChI is InChI=1S/C19H31N3O/c1-2-6-18(19(23)16-7-4-3-5-8-16)22-11-9-15(10-12-22)17-13-20-14-21-17/h13-16,18H,2-12H2,1H3,(H,20,21). The molecule has 4 nitrogen and oxygen atoms in total. The Kier molecular flexibility index (Phi) is 5.87. The highest BCUT2D eigenvalue weighted by Gasteiger charge is 2.33. The van der Waals surface area contributed by atoms with Gasteiger partial charge in [0.25, 0.3) is 0 Å². The van der Waals surface area contributed by atoms with Gasteiger partial charge >= 0.3 is 0 Å². The molecule has 2 fully saturated rings. The second kappa shape index (κ2) is 8.09. The predicted molar refractivity (Wildman–Crippen MR) is 92.4 cm³/mol. The average Bonchev–Trinajstić information content (AvgIpc) is 3.15. The molecule has 2 heterocycles. The number of imidazole rings is 1. The van der Waals surface area contributed by atoms with E-state index < -0.39 is 0 Å². The molecule has 1 aliphatic carbocycles. The quantitative estimate of drug-likeness (QED) is 0.865. The van der Waals surface area contributed by atoms with Gasteiger partial charge < -0.3 is 4.98 Å². The van der Waals surface area contributed by atoms with Crippen LogP contribution in [0.3, 0.4) is 0 Å². The molecular weight excluding hydrogens is 286 g/mol.